The van der Waals surface area contributed by atoms with E-state index in [9.17, 15) is 14.4 Å². The third kappa shape index (κ3) is 59.9. The number of hydrogen-bond acceptors (Lipinski definition) is 6. The molecule has 0 fully saturated rings. The van der Waals surface area contributed by atoms with Gasteiger partial charge in [-0.15, -0.1) is 0 Å². The van der Waals surface area contributed by atoms with Gasteiger partial charge < -0.3 is 14.2 Å². The maximum Gasteiger partial charge on any atom is 0.306 e. The first-order chi connectivity index (χ1) is 36.0. The van der Waals surface area contributed by atoms with Gasteiger partial charge in [-0.1, -0.05) is 268 Å². The van der Waals surface area contributed by atoms with Crippen molar-refractivity contribution in [3.63, 3.8) is 0 Å². The molecular weight excluding hydrogens is 901 g/mol. The molecule has 0 saturated heterocycles. The number of unbranched alkanes of at least 4 members (excludes halogenated alkanes) is 37. The zero-order valence-corrected chi connectivity index (χ0v) is 48.7. The minimum absolute atomic E-state index is 0.0799. The second-order valence-electron chi connectivity index (χ2n) is 21.3. The summed E-state index contributed by atoms with van der Waals surface area (Å²) in [5, 5.41) is 0. The molecular formula is C67H120O6. The zero-order valence-electron chi connectivity index (χ0n) is 48.7. The Kier molecular flexibility index (Phi) is 59.2. The van der Waals surface area contributed by atoms with Gasteiger partial charge in [0, 0.05) is 19.3 Å². The summed E-state index contributed by atoms with van der Waals surface area (Å²) in [7, 11) is 0. The van der Waals surface area contributed by atoms with Gasteiger partial charge in [0.1, 0.15) is 13.2 Å². The molecule has 0 N–H and O–H groups in total. The molecule has 0 radical (unpaired) electrons. The highest BCUT2D eigenvalue weighted by molar-refractivity contribution is 5.71. The van der Waals surface area contributed by atoms with E-state index >= 15 is 0 Å². The minimum Gasteiger partial charge on any atom is -0.462 e. The Morgan fingerprint density at radius 2 is 0.507 bits per heavy atom. The number of carbonyl (C=O) groups excluding carboxylic acids is 3. The number of hydrogen-bond donors (Lipinski definition) is 0. The van der Waals surface area contributed by atoms with E-state index in [1.807, 2.05) is 0 Å². The summed E-state index contributed by atoms with van der Waals surface area (Å²) in [6, 6.07) is 0. The molecule has 424 valence electrons. The van der Waals surface area contributed by atoms with E-state index in [1.54, 1.807) is 0 Å². The molecule has 0 saturated carbocycles. The van der Waals surface area contributed by atoms with Crippen molar-refractivity contribution < 1.29 is 28.6 Å². The van der Waals surface area contributed by atoms with E-state index in [4.69, 9.17) is 14.2 Å². The number of ether oxygens (including phenoxy) is 3. The van der Waals surface area contributed by atoms with Gasteiger partial charge in [-0.3, -0.25) is 14.4 Å². The second-order valence-corrected chi connectivity index (χ2v) is 21.3. The summed E-state index contributed by atoms with van der Waals surface area (Å²) in [5.74, 6) is -0.885. The van der Waals surface area contributed by atoms with Crippen molar-refractivity contribution in [3.05, 3.63) is 60.8 Å². The quantitative estimate of drug-likeness (QED) is 0.0261. The Hall–Kier alpha value is -2.89. The van der Waals surface area contributed by atoms with Crippen molar-refractivity contribution in [2.24, 2.45) is 0 Å². The van der Waals surface area contributed by atoms with E-state index < -0.39 is 6.10 Å². The van der Waals surface area contributed by atoms with Gasteiger partial charge in [0.2, 0.25) is 0 Å². The van der Waals surface area contributed by atoms with Crippen LogP contribution in [0.25, 0.3) is 0 Å². The SMILES string of the molecule is CCCC/C=C\C/C=C\CCCCCCCC(=O)OCC(COC(=O)CCCCCCCCCCCCC/C=C\C/C=C\CCCCCCC)OC(=O)CCCCCCCCC/C=C\CCCCCCCCC. The molecule has 0 amide bonds. The number of carbonyl (C=O) groups is 3. The monoisotopic (exact) mass is 1020 g/mol. The summed E-state index contributed by atoms with van der Waals surface area (Å²) in [6.45, 7) is 6.61. The highest BCUT2D eigenvalue weighted by Crippen LogP contribution is 2.16. The first kappa shape index (κ1) is 70.1. The van der Waals surface area contributed by atoms with E-state index in [1.165, 1.54) is 205 Å². The van der Waals surface area contributed by atoms with Gasteiger partial charge >= 0.3 is 17.9 Å². The van der Waals surface area contributed by atoms with Crippen molar-refractivity contribution in [2.45, 2.75) is 335 Å². The average molecular weight is 1020 g/mol. The van der Waals surface area contributed by atoms with Crippen molar-refractivity contribution in [3.8, 4) is 0 Å². The van der Waals surface area contributed by atoms with Crippen LogP contribution in [-0.2, 0) is 28.6 Å². The molecule has 0 aliphatic carbocycles. The normalized spacial score (nSPS) is 12.4. The van der Waals surface area contributed by atoms with E-state index in [-0.39, 0.29) is 31.1 Å². The molecule has 0 rings (SSSR count). The molecule has 6 heteroatoms. The Balaban J connectivity index is 4.33. The topological polar surface area (TPSA) is 78.9 Å². The van der Waals surface area contributed by atoms with Crippen molar-refractivity contribution in [1.29, 1.82) is 0 Å². The summed E-state index contributed by atoms with van der Waals surface area (Å²) >= 11 is 0. The molecule has 0 aromatic carbocycles. The maximum atomic E-state index is 12.9. The Morgan fingerprint density at radius 3 is 0.808 bits per heavy atom. The molecule has 0 bridgehead atoms. The molecule has 0 aliphatic heterocycles. The van der Waals surface area contributed by atoms with Crippen LogP contribution in [0.15, 0.2) is 60.8 Å². The predicted octanol–water partition coefficient (Wildman–Crippen LogP) is 21.6. The summed E-state index contributed by atoms with van der Waals surface area (Å²) in [5.41, 5.74) is 0. The number of esters is 3. The molecule has 0 aliphatic rings. The Morgan fingerprint density at radius 1 is 0.274 bits per heavy atom. The lowest BCUT2D eigenvalue weighted by Gasteiger charge is -2.18. The average Bonchev–Trinajstić information content (AvgIpc) is 3.39. The molecule has 73 heavy (non-hydrogen) atoms. The van der Waals surface area contributed by atoms with Crippen LogP contribution in [0.2, 0.25) is 0 Å². The van der Waals surface area contributed by atoms with Gasteiger partial charge in [0.15, 0.2) is 6.10 Å². The molecule has 0 heterocycles. The first-order valence-corrected chi connectivity index (χ1v) is 31.8. The summed E-state index contributed by atoms with van der Waals surface area (Å²) < 4.78 is 16.9. The van der Waals surface area contributed by atoms with Crippen LogP contribution in [0.5, 0.6) is 0 Å². The van der Waals surface area contributed by atoms with Crippen molar-refractivity contribution in [1.82, 2.24) is 0 Å². The van der Waals surface area contributed by atoms with Gasteiger partial charge in [-0.2, -0.15) is 0 Å². The smallest absolute Gasteiger partial charge is 0.306 e. The van der Waals surface area contributed by atoms with E-state index in [0.29, 0.717) is 19.3 Å². The summed E-state index contributed by atoms with van der Waals surface area (Å²) in [4.78, 5) is 38.3. The molecule has 6 nitrogen and oxygen atoms in total. The fourth-order valence-electron chi connectivity index (χ4n) is 9.13. The third-order valence-electron chi connectivity index (χ3n) is 14.0. The lowest BCUT2D eigenvalue weighted by atomic mass is 10.0. The zero-order chi connectivity index (χ0) is 52.9. The fourth-order valence-corrected chi connectivity index (χ4v) is 9.13. The standard InChI is InChI=1S/C67H120O6/c1-4-7-10-13-16-19-22-25-28-30-32-33-34-35-36-38-39-42-45-48-51-54-57-60-66(69)72-63-64(62-71-65(68)59-56-53-50-47-44-41-27-24-21-18-15-12-9-6-3)73-67(70)61-58-55-52-49-46-43-40-37-31-29-26-23-20-17-14-11-8-5-2/h15,18,22,24-25,27,29-32,64H,4-14,16-17,19-21,23,26,28,33-63H2,1-3H3/b18-15-,25-22-,27-24-,31-29-,32-30-. The maximum absolute atomic E-state index is 12.9. The van der Waals surface area contributed by atoms with Crippen LogP contribution < -0.4 is 0 Å². The van der Waals surface area contributed by atoms with Crippen molar-refractivity contribution >= 4 is 17.9 Å². The van der Waals surface area contributed by atoms with Gasteiger partial charge in [0.05, 0.1) is 0 Å². The van der Waals surface area contributed by atoms with Gasteiger partial charge in [-0.05, 0) is 103 Å². The van der Waals surface area contributed by atoms with E-state index in [0.717, 1.165) is 83.5 Å². The van der Waals surface area contributed by atoms with Gasteiger partial charge in [-0.25, -0.2) is 0 Å². The van der Waals surface area contributed by atoms with Crippen LogP contribution in [0, 0.1) is 0 Å². The highest BCUT2D eigenvalue weighted by atomic mass is 16.6. The number of allylic oxidation sites excluding steroid dienone is 10. The largest absolute Gasteiger partial charge is 0.462 e. The minimum atomic E-state index is -0.784. The van der Waals surface area contributed by atoms with Crippen molar-refractivity contribution in [2.75, 3.05) is 13.2 Å². The lowest BCUT2D eigenvalue weighted by molar-refractivity contribution is -0.167. The lowest BCUT2D eigenvalue weighted by Crippen LogP contribution is -2.30. The summed E-state index contributed by atoms with van der Waals surface area (Å²) in [6.07, 6.45) is 77.9. The van der Waals surface area contributed by atoms with Gasteiger partial charge in [0.25, 0.3) is 0 Å². The van der Waals surface area contributed by atoms with Crippen LogP contribution >= 0.6 is 0 Å². The van der Waals surface area contributed by atoms with Crippen LogP contribution in [0.1, 0.15) is 329 Å². The Labute approximate surface area is 453 Å². The van der Waals surface area contributed by atoms with Crippen LogP contribution in [0.4, 0.5) is 0 Å². The molecule has 1 atom stereocenters. The molecule has 0 spiro atoms. The molecule has 0 aromatic rings. The molecule has 1 unspecified atom stereocenters. The van der Waals surface area contributed by atoms with Crippen LogP contribution in [0.3, 0.4) is 0 Å². The number of rotatable bonds is 58. The fraction of sp³-hybridized carbons (Fsp3) is 0.806. The predicted molar refractivity (Wildman–Crippen MR) is 316 cm³/mol. The van der Waals surface area contributed by atoms with E-state index in [2.05, 4.69) is 81.5 Å². The first-order valence-electron chi connectivity index (χ1n) is 31.8. The molecule has 0 aromatic heterocycles. The van der Waals surface area contributed by atoms with Crippen LogP contribution in [-0.4, -0.2) is 37.2 Å². The third-order valence-corrected chi connectivity index (χ3v) is 14.0. The second kappa shape index (κ2) is 61.7. The highest BCUT2D eigenvalue weighted by Gasteiger charge is 2.19. The Bertz CT molecular complexity index is 1310.